The number of likely N-dealkylation sites (N-methyl/N-ethyl adjacent to an activating group) is 1. The van der Waals surface area contributed by atoms with Crippen molar-refractivity contribution < 1.29 is 36.2 Å². The third-order valence-electron chi connectivity index (χ3n) is 8.23. The number of fused-ring (bicyclic) bond motifs is 1. The van der Waals surface area contributed by atoms with Crippen LogP contribution >= 0.6 is 11.3 Å². The van der Waals surface area contributed by atoms with Crippen molar-refractivity contribution in [2.24, 2.45) is 5.92 Å². The van der Waals surface area contributed by atoms with Gasteiger partial charge < -0.3 is 19.5 Å². The highest BCUT2D eigenvalue weighted by Gasteiger charge is 2.32. The first-order valence-electron chi connectivity index (χ1n) is 15.7. The summed E-state index contributed by atoms with van der Waals surface area (Å²) in [5.41, 5.74) is 1.28. The van der Waals surface area contributed by atoms with Crippen LogP contribution in [0, 0.1) is 12.8 Å². The molecule has 1 aromatic heterocycles. The van der Waals surface area contributed by atoms with Gasteiger partial charge in [0.2, 0.25) is 10.0 Å². The zero-order valence-corrected chi connectivity index (χ0v) is 29.9. The van der Waals surface area contributed by atoms with Crippen molar-refractivity contribution in [1.82, 2.24) is 9.21 Å². The molecule has 2 heterocycles. The van der Waals surface area contributed by atoms with Gasteiger partial charge in [-0.3, -0.25) is 9.52 Å². The molecule has 0 saturated carbocycles. The first kappa shape index (κ1) is 36.8. The summed E-state index contributed by atoms with van der Waals surface area (Å²) in [5, 5.41) is 11.9. The number of hydrogen-bond donors (Lipinski definition) is 2. The minimum Gasteiger partial charge on any atom is -0.490 e. The number of aryl methyl sites for hydroxylation is 1. The molecule has 0 unspecified atom stereocenters. The van der Waals surface area contributed by atoms with Crippen LogP contribution in [0.4, 0.5) is 5.69 Å². The smallest absolute Gasteiger partial charge is 0.271 e. The van der Waals surface area contributed by atoms with Gasteiger partial charge in [0.1, 0.15) is 9.96 Å². The molecule has 1 amide bonds. The fourth-order valence-corrected chi connectivity index (χ4v) is 8.54. The quantitative estimate of drug-likeness (QED) is 0.318. The topological polar surface area (TPSA) is 143 Å². The summed E-state index contributed by atoms with van der Waals surface area (Å²) < 4.78 is 69.4. The SMILES string of the molecule is Cc1ccc(S(=O)(=O)N(C)C[C@H]2OCCCC[C@@H](C)Oc3ccc(NS(=O)(=O)c4cccs4)cc3C(=O)N([C@@H](C)CO)C[C@H]2C)cc1. The summed E-state index contributed by atoms with van der Waals surface area (Å²) in [6.45, 7) is 7.64. The molecule has 258 valence electrons. The van der Waals surface area contributed by atoms with Crippen molar-refractivity contribution in [2.75, 3.05) is 38.1 Å². The van der Waals surface area contributed by atoms with E-state index in [1.54, 1.807) is 54.8 Å². The number of benzene rings is 2. The number of nitrogens with zero attached hydrogens (tertiary/aromatic N) is 2. The lowest BCUT2D eigenvalue weighted by molar-refractivity contribution is -0.00833. The van der Waals surface area contributed by atoms with E-state index >= 15 is 0 Å². The van der Waals surface area contributed by atoms with E-state index in [1.807, 2.05) is 20.8 Å². The predicted octanol–water partition coefficient (Wildman–Crippen LogP) is 4.97. The Morgan fingerprint density at radius 3 is 2.47 bits per heavy atom. The molecular weight excluding hydrogens is 663 g/mol. The van der Waals surface area contributed by atoms with Crippen molar-refractivity contribution >= 4 is 43.0 Å². The average Bonchev–Trinajstić information content (AvgIpc) is 3.59. The minimum absolute atomic E-state index is 0.0532. The summed E-state index contributed by atoms with van der Waals surface area (Å²) in [5.74, 6) is -0.511. The zero-order valence-electron chi connectivity index (χ0n) is 27.5. The molecular formula is C33H45N3O8S3. The van der Waals surface area contributed by atoms with Crippen LogP contribution in [0.5, 0.6) is 5.75 Å². The van der Waals surface area contributed by atoms with Gasteiger partial charge in [0.25, 0.3) is 15.9 Å². The molecule has 11 nitrogen and oxygen atoms in total. The third kappa shape index (κ3) is 9.33. The molecule has 4 rings (SSSR count). The molecule has 0 radical (unpaired) electrons. The summed E-state index contributed by atoms with van der Waals surface area (Å²) >= 11 is 1.08. The highest BCUT2D eigenvalue weighted by Crippen LogP contribution is 2.30. The summed E-state index contributed by atoms with van der Waals surface area (Å²) in [6, 6.07) is 13.8. The fraction of sp³-hybridized carbons (Fsp3) is 0.485. The molecule has 0 spiro atoms. The number of ether oxygens (including phenoxy) is 2. The van der Waals surface area contributed by atoms with Crippen LogP contribution in [-0.2, 0) is 24.8 Å². The second-order valence-corrected chi connectivity index (χ2v) is 17.0. The van der Waals surface area contributed by atoms with Gasteiger partial charge in [-0.25, -0.2) is 16.8 Å². The third-order valence-corrected chi connectivity index (χ3v) is 12.8. The maximum atomic E-state index is 14.3. The van der Waals surface area contributed by atoms with Crippen molar-refractivity contribution in [3.8, 4) is 5.75 Å². The number of hydrogen-bond acceptors (Lipinski definition) is 9. The number of aliphatic hydroxyl groups is 1. The van der Waals surface area contributed by atoms with Crippen molar-refractivity contribution in [3.63, 3.8) is 0 Å². The molecule has 0 bridgehead atoms. The van der Waals surface area contributed by atoms with Gasteiger partial charge >= 0.3 is 0 Å². The number of thiophene rings is 1. The number of carbonyl (C=O) groups excluding carboxylic acids is 1. The highest BCUT2D eigenvalue weighted by atomic mass is 32.2. The average molecular weight is 708 g/mol. The lowest BCUT2D eigenvalue weighted by Crippen LogP contribution is -2.48. The number of rotatable bonds is 9. The monoisotopic (exact) mass is 707 g/mol. The van der Waals surface area contributed by atoms with Crippen LogP contribution in [0.15, 0.2) is 69.1 Å². The molecule has 0 saturated heterocycles. The van der Waals surface area contributed by atoms with Gasteiger partial charge in [-0.15, -0.1) is 11.3 Å². The fourth-order valence-electron chi connectivity index (χ4n) is 5.31. The van der Waals surface area contributed by atoms with Crippen LogP contribution < -0.4 is 9.46 Å². The molecule has 0 fully saturated rings. The molecule has 2 aromatic carbocycles. The van der Waals surface area contributed by atoms with E-state index in [0.717, 1.165) is 29.7 Å². The second kappa shape index (κ2) is 15.9. The Hall–Kier alpha value is -3.01. The van der Waals surface area contributed by atoms with Crippen LogP contribution in [-0.4, -0.2) is 88.7 Å². The number of amides is 1. The van der Waals surface area contributed by atoms with E-state index in [2.05, 4.69) is 4.72 Å². The Morgan fingerprint density at radius 1 is 1.09 bits per heavy atom. The molecule has 2 N–H and O–H groups in total. The standard InChI is InChI=1S/C33H45N3O8S3/c1-23-11-14-28(15-12-23)47(41,42)35(5)21-31-24(2)20-36(25(3)22-37)33(38)29-19-27(34-46(39,40)32-10-8-18-45-32)13-16-30(29)44-26(4)9-6-7-17-43-31/h8,10-16,18-19,24-26,31,34,37H,6-7,9,17,20-22H2,1-5H3/t24-,25+,26-,31-/m1/s1. The van der Waals surface area contributed by atoms with Gasteiger partial charge in [0, 0.05) is 38.3 Å². The van der Waals surface area contributed by atoms with Crippen molar-refractivity contribution in [1.29, 1.82) is 0 Å². The normalized spacial score (nSPS) is 21.0. The first-order valence-corrected chi connectivity index (χ1v) is 19.5. The van der Waals surface area contributed by atoms with E-state index < -0.39 is 38.1 Å². The molecule has 14 heteroatoms. The maximum Gasteiger partial charge on any atom is 0.271 e. The Balaban J connectivity index is 1.67. The van der Waals surface area contributed by atoms with Gasteiger partial charge in [-0.2, -0.15) is 4.31 Å². The lowest BCUT2D eigenvalue weighted by Gasteiger charge is -2.35. The van der Waals surface area contributed by atoms with E-state index in [0.29, 0.717) is 18.8 Å². The van der Waals surface area contributed by atoms with E-state index in [9.17, 15) is 26.7 Å². The van der Waals surface area contributed by atoms with Crippen LogP contribution in [0.1, 0.15) is 56.0 Å². The first-order chi connectivity index (χ1) is 22.2. The predicted molar refractivity (Wildman–Crippen MR) is 183 cm³/mol. The Kier molecular flexibility index (Phi) is 12.5. The lowest BCUT2D eigenvalue weighted by atomic mass is 10.0. The van der Waals surface area contributed by atoms with E-state index in [1.165, 1.54) is 28.4 Å². The zero-order chi connectivity index (χ0) is 34.4. The largest absolute Gasteiger partial charge is 0.490 e. The molecule has 3 aromatic rings. The van der Waals surface area contributed by atoms with Gasteiger partial charge in [-0.1, -0.05) is 30.7 Å². The van der Waals surface area contributed by atoms with Gasteiger partial charge in [0.05, 0.1) is 35.3 Å². The number of aliphatic hydroxyl groups excluding tert-OH is 1. The van der Waals surface area contributed by atoms with Crippen LogP contribution in [0.2, 0.25) is 0 Å². The Labute approximate surface area is 282 Å². The Morgan fingerprint density at radius 2 is 1.81 bits per heavy atom. The van der Waals surface area contributed by atoms with Gasteiger partial charge in [-0.05, 0) is 81.8 Å². The summed E-state index contributed by atoms with van der Waals surface area (Å²) in [6.07, 6.45) is 1.33. The molecule has 1 aliphatic heterocycles. The van der Waals surface area contributed by atoms with Crippen molar-refractivity contribution in [2.45, 2.75) is 74.3 Å². The molecule has 0 aliphatic carbocycles. The molecule has 4 atom stereocenters. The van der Waals surface area contributed by atoms with Gasteiger partial charge in [0.15, 0.2) is 0 Å². The number of carbonyl (C=O) groups is 1. The van der Waals surface area contributed by atoms with Crippen LogP contribution in [0.25, 0.3) is 0 Å². The number of anilines is 1. The molecule has 1 aliphatic rings. The maximum absolute atomic E-state index is 14.3. The summed E-state index contributed by atoms with van der Waals surface area (Å²) in [7, 11) is -6.17. The van der Waals surface area contributed by atoms with Crippen molar-refractivity contribution in [3.05, 3.63) is 71.1 Å². The highest BCUT2D eigenvalue weighted by molar-refractivity contribution is 7.94. The number of nitrogens with one attached hydrogen (secondary N) is 1. The second-order valence-electron chi connectivity index (χ2n) is 12.1. The Bertz CT molecular complexity index is 1700. The van der Waals surface area contributed by atoms with E-state index in [4.69, 9.17) is 9.47 Å². The molecule has 47 heavy (non-hydrogen) atoms. The summed E-state index contributed by atoms with van der Waals surface area (Å²) in [4.78, 5) is 16.0. The number of sulfonamides is 2. The van der Waals surface area contributed by atoms with Crippen LogP contribution in [0.3, 0.4) is 0 Å². The van der Waals surface area contributed by atoms with E-state index in [-0.39, 0.29) is 52.1 Å². The minimum atomic E-state index is -3.88.